The summed E-state index contributed by atoms with van der Waals surface area (Å²) < 4.78 is 10.9. The van der Waals surface area contributed by atoms with Crippen LogP contribution in [0.3, 0.4) is 0 Å². The van der Waals surface area contributed by atoms with E-state index in [-0.39, 0.29) is 39.3 Å². The third-order valence-corrected chi connectivity index (χ3v) is 5.02. The zero-order chi connectivity index (χ0) is 25.1. The minimum atomic E-state index is -0.795. The van der Waals surface area contributed by atoms with Crippen molar-refractivity contribution >= 4 is 46.8 Å². The fourth-order valence-corrected chi connectivity index (χ4v) is 3.64. The van der Waals surface area contributed by atoms with Gasteiger partial charge in [-0.05, 0) is 22.4 Å². The molecule has 0 radical (unpaired) electrons. The summed E-state index contributed by atoms with van der Waals surface area (Å²) in [4.78, 5) is 23.6. The Balaban J connectivity index is 1.73. The molecule has 0 saturated heterocycles. The van der Waals surface area contributed by atoms with E-state index in [9.17, 15) is 14.9 Å². The predicted octanol–water partition coefficient (Wildman–Crippen LogP) is 2.89. The number of hydrogen-bond donors (Lipinski definition) is 2. The van der Waals surface area contributed by atoms with Gasteiger partial charge in [-0.25, -0.2) is 10.1 Å². The highest BCUT2D eigenvalue weighted by atomic mass is 35.5. The van der Waals surface area contributed by atoms with Crippen LogP contribution in [0.1, 0.15) is 16.1 Å². The fraction of sp³-hybridized carbons (Fsp3) is 0.0526. The van der Waals surface area contributed by atoms with Gasteiger partial charge < -0.3 is 10.5 Å². The molecule has 0 aliphatic heterocycles. The van der Waals surface area contributed by atoms with Gasteiger partial charge in [-0.1, -0.05) is 40.5 Å². The number of carbonyl (C=O) groups is 1. The number of hydrogen-bond acceptors (Lipinski definition) is 11. The molecule has 0 aliphatic rings. The van der Waals surface area contributed by atoms with E-state index in [1.165, 1.54) is 49.7 Å². The van der Waals surface area contributed by atoms with Gasteiger partial charge in [0.05, 0.1) is 23.3 Å². The van der Waals surface area contributed by atoms with E-state index in [1.54, 1.807) is 0 Å². The van der Waals surface area contributed by atoms with Gasteiger partial charge in [0.15, 0.2) is 5.69 Å². The summed E-state index contributed by atoms with van der Waals surface area (Å²) in [6.45, 7) is 0. The summed E-state index contributed by atoms with van der Waals surface area (Å²) in [6.07, 6.45) is 1.27. The number of non-ortho nitro benzene ring substituents is 1. The number of halogens is 2. The number of nitro benzene ring substituents is 1. The van der Waals surface area contributed by atoms with Crippen LogP contribution in [0.2, 0.25) is 10.0 Å². The molecular weight excluding hydrogens is 505 g/mol. The first-order valence-electron chi connectivity index (χ1n) is 9.45. The Morgan fingerprint density at radius 2 is 2.11 bits per heavy atom. The van der Waals surface area contributed by atoms with Crippen LogP contribution in [0.5, 0.6) is 5.75 Å². The number of aromatic nitrogens is 5. The number of anilines is 1. The van der Waals surface area contributed by atoms with Crippen LogP contribution in [0.25, 0.3) is 17.1 Å². The molecule has 4 rings (SSSR count). The van der Waals surface area contributed by atoms with Gasteiger partial charge >= 0.3 is 0 Å². The Hall–Kier alpha value is -4.56. The SMILES string of the molecule is COc1c(Cl)cc(Cl)cc1/C=N\NC(=O)c1nnn(-c2nonc2N)c1-c1cccc([N+](=O)[O-])c1. The van der Waals surface area contributed by atoms with Crippen molar-refractivity contribution in [1.29, 1.82) is 0 Å². The van der Waals surface area contributed by atoms with Crippen molar-refractivity contribution < 1.29 is 19.1 Å². The number of nitrogens with zero attached hydrogens (tertiary/aromatic N) is 7. The number of carbonyl (C=O) groups excluding carboxylic acids is 1. The predicted molar refractivity (Wildman–Crippen MR) is 124 cm³/mol. The van der Waals surface area contributed by atoms with Crippen LogP contribution in [0.15, 0.2) is 46.1 Å². The molecule has 35 heavy (non-hydrogen) atoms. The molecule has 0 bridgehead atoms. The molecule has 2 aromatic heterocycles. The molecule has 0 spiro atoms. The van der Waals surface area contributed by atoms with E-state index in [0.717, 1.165) is 4.68 Å². The first-order valence-corrected chi connectivity index (χ1v) is 10.2. The van der Waals surface area contributed by atoms with Crippen LogP contribution >= 0.6 is 23.2 Å². The molecule has 4 aromatic rings. The van der Waals surface area contributed by atoms with Crippen molar-refractivity contribution in [1.82, 2.24) is 30.7 Å². The molecule has 178 valence electrons. The first-order chi connectivity index (χ1) is 16.8. The molecule has 0 saturated carbocycles. The summed E-state index contributed by atoms with van der Waals surface area (Å²) in [5, 5.41) is 30.7. The maximum atomic E-state index is 13.0. The molecular formula is C19H13Cl2N9O5. The molecule has 0 aliphatic carbocycles. The molecule has 16 heteroatoms. The van der Waals surface area contributed by atoms with E-state index in [4.69, 9.17) is 33.7 Å². The Bertz CT molecular complexity index is 1470. The minimum absolute atomic E-state index is 0.0344. The second kappa shape index (κ2) is 9.74. The van der Waals surface area contributed by atoms with Crippen LogP contribution in [0, 0.1) is 10.1 Å². The van der Waals surface area contributed by atoms with Crippen LogP contribution in [-0.2, 0) is 0 Å². The highest BCUT2D eigenvalue weighted by Gasteiger charge is 2.26. The van der Waals surface area contributed by atoms with Crippen molar-refractivity contribution in [3.8, 4) is 22.8 Å². The molecule has 0 unspecified atom stereocenters. The Morgan fingerprint density at radius 3 is 2.80 bits per heavy atom. The molecule has 0 fully saturated rings. The van der Waals surface area contributed by atoms with Crippen molar-refractivity contribution in [2.24, 2.45) is 5.10 Å². The van der Waals surface area contributed by atoms with Crippen LogP contribution in [-0.4, -0.2) is 49.5 Å². The lowest BCUT2D eigenvalue weighted by Gasteiger charge is -2.07. The van der Waals surface area contributed by atoms with Crippen molar-refractivity contribution in [3.05, 3.63) is 67.8 Å². The monoisotopic (exact) mass is 517 g/mol. The number of nitro groups is 1. The number of nitrogens with one attached hydrogen (secondary N) is 1. The Kier molecular flexibility index (Phi) is 6.57. The quantitative estimate of drug-likeness (QED) is 0.209. The first kappa shape index (κ1) is 23.6. The van der Waals surface area contributed by atoms with Crippen molar-refractivity contribution in [2.45, 2.75) is 0 Å². The largest absolute Gasteiger partial charge is 0.495 e. The number of hydrazone groups is 1. The fourth-order valence-electron chi connectivity index (χ4n) is 3.05. The maximum Gasteiger partial charge on any atom is 0.294 e. The topological polar surface area (TPSA) is 189 Å². The summed E-state index contributed by atoms with van der Waals surface area (Å²) in [7, 11) is 1.42. The number of methoxy groups -OCH3 is 1. The number of ether oxygens (including phenoxy) is 1. The van der Waals surface area contributed by atoms with Gasteiger partial charge in [-0.15, -0.1) is 5.10 Å². The van der Waals surface area contributed by atoms with E-state index in [0.29, 0.717) is 16.3 Å². The normalized spacial score (nSPS) is 11.1. The minimum Gasteiger partial charge on any atom is -0.495 e. The van der Waals surface area contributed by atoms with E-state index < -0.39 is 10.8 Å². The molecule has 3 N–H and O–H groups in total. The number of rotatable bonds is 7. The van der Waals surface area contributed by atoms with Gasteiger partial charge in [-0.2, -0.15) is 9.78 Å². The average molecular weight is 518 g/mol. The third kappa shape index (κ3) is 4.73. The van der Waals surface area contributed by atoms with Gasteiger partial charge in [0, 0.05) is 28.3 Å². The van der Waals surface area contributed by atoms with Crippen molar-refractivity contribution in [3.63, 3.8) is 0 Å². The number of nitrogen functional groups attached to an aromatic ring is 1. The van der Waals surface area contributed by atoms with E-state index >= 15 is 0 Å². The highest BCUT2D eigenvalue weighted by Crippen LogP contribution is 2.31. The second-order valence-corrected chi connectivity index (χ2v) is 7.53. The molecule has 1 amide bonds. The maximum absolute atomic E-state index is 13.0. The molecule has 0 atom stereocenters. The summed E-state index contributed by atoms with van der Waals surface area (Å²) in [6, 6.07) is 8.50. The zero-order valence-electron chi connectivity index (χ0n) is 17.5. The molecule has 14 nitrogen and oxygen atoms in total. The summed E-state index contributed by atoms with van der Waals surface area (Å²) in [5.74, 6) is -0.709. The van der Waals surface area contributed by atoms with E-state index in [1.807, 2.05) is 0 Å². The lowest BCUT2D eigenvalue weighted by Crippen LogP contribution is -2.19. The van der Waals surface area contributed by atoms with Gasteiger partial charge in [0.2, 0.25) is 11.6 Å². The van der Waals surface area contributed by atoms with Crippen LogP contribution in [0.4, 0.5) is 11.5 Å². The zero-order valence-corrected chi connectivity index (χ0v) is 19.1. The number of benzene rings is 2. The highest BCUT2D eigenvalue weighted by molar-refractivity contribution is 6.36. The van der Waals surface area contributed by atoms with Gasteiger partial charge in [-0.3, -0.25) is 14.9 Å². The second-order valence-electron chi connectivity index (χ2n) is 6.69. The Labute approximate surface area is 205 Å². The van der Waals surface area contributed by atoms with Crippen molar-refractivity contribution in [2.75, 3.05) is 12.8 Å². The van der Waals surface area contributed by atoms with Gasteiger partial charge in [0.25, 0.3) is 11.6 Å². The smallest absolute Gasteiger partial charge is 0.294 e. The third-order valence-electron chi connectivity index (χ3n) is 4.52. The summed E-state index contributed by atoms with van der Waals surface area (Å²) >= 11 is 12.1. The molecule has 2 aromatic carbocycles. The van der Waals surface area contributed by atoms with E-state index in [2.05, 4.69) is 35.8 Å². The lowest BCUT2D eigenvalue weighted by atomic mass is 10.1. The lowest BCUT2D eigenvalue weighted by molar-refractivity contribution is -0.384. The Morgan fingerprint density at radius 1 is 1.31 bits per heavy atom. The standard InChI is InChI=1S/C19H13Cl2N9O5/c1-34-16-10(5-11(20)7-13(16)21)8-23-25-19(31)14-15(9-3-2-4-12(6-9)30(32)33)29(28-24-14)18-17(22)26-35-27-18/h2-8H,1H3,(H2,22,26)(H,25,31)/b23-8-. The molecule has 2 heterocycles. The van der Waals surface area contributed by atoms with Crippen LogP contribution < -0.4 is 15.9 Å². The van der Waals surface area contributed by atoms with Gasteiger partial charge in [0.1, 0.15) is 11.4 Å². The number of amides is 1. The summed E-state index contributed by atoms with van der Waals surface area (Å²) in [5.41, 5.74) is 8.26. The average Bonchev–Trinajstić information content (AvgIpc) is 3.44. The number of nitrogens with two attached hydrogens (primary N) is 1.